The third kappa shape index (κ3) is 2.25. The molecule has 6 rings (SSSR count). The summed E-state index contributed by atoms with van der Waals surface area (Å²) in [4.78, 5) is 27.0. The maximum atomic E-state index is 13.6. The van der Waals surface area contributed by atoms with Crippen molar-refractivity contribution in [3.63, 3.8) is 0 Å². The van der Waals surface area contributed by atoms with Gasteiger partial charge in [0.15, 0.2) is 28.9 Å². The van der Waals surface area contributed by atoms with Crippen LogP contribution in [0.15, 0.2) is 36.4 Å². The average molecular weight is 454 g/mol. The minimum atomic E-state index is -1.59. The van der Waals surface area contributed by atoms with Gasteiger partial charge in [0.1, 0.15) is 11.8 Å². The van der Waals surface area contributed by atoms with Crippen molar-refractivity contribution in [2.75, 3.05) is 11.1 Å². The van der Waals surface area contributed by atoms with Crippen molar-refractivity contribution in [1.29, 1.82) is 0 Å². The van der Waals surface area contributed by atoms with Crippen molar-refractivity contribution >= 4 is 22.9 Å². The number of anilines is 2. The van der Waals surface area contributed by atoms with Crippen LogP contribution in [0.5, 0.6) is 5.75 Å². The molecule has 0 aromatic heterocycles. The lowest BCUT2D eigenvalue weighted by atomic mass is 9.69. The Morgan fingerprint density at radius 2 is 1.79 bits per heavy atom. The van der Waals surface area contributed by atoms with Crippen molar-refractivity contribution in [3.8, 4) is 29.4 Å². The monoisotopic (exact) mass is 454 g/mol. The van der Waals surface area contributed by atoms with E-state index in [2.05, 4.69) is 29.0 Å². The lowest BCUT2D eigenvalue weighted by Crippen LogP contribution is -2.54. The first-order valence-corrected chi connectivity index (χ1v) is 10.6. The normalized spacial score (nSPS) is 31.0. The SMILES string of the molecule is C[C@@H](O)[C@@]12O[C@]13c1cc(O)c4c(c1N[C@H]2C#C/C=C\C#C[C@H]3O)C(=O)c1ccc(N)cc1C4=O. The summed E-state index contributed by atoms with van der Waals surface area (Å²) in [5, 5.41) is 36.0. The van der Waals surface area contributed by atoms with E-state index in [4.69, 9.17) is 10.5 Å². The Hall–Kier alpha value is -4.08. The molecule has 2 heterocycles. The number of benzene rings is 2. The maximum Gasteiger partial charge on any atom is 0.198 e. The van der Waals surface area contributed by atoms with Gasteiger partial charge in [-0.05, 0) is 43.3 Å². The molecule has 0 radical (unpaired) electrons. The molecule has 34 heavy (non-hydrogen) atoms. The lowest BCUT2D eigenvalue weighted by molar-refractivity contribution is 0.0867. The van der Waals surface area contributed by atoms with Crippen LogP contribution in [0.1, 0.15) is 44.3 Å². The van der Waals surface area contributed by atoms with E-state index in [1.165, 1.54) is 43.3 Å². The van der Waals surface area contributed by atoms with Crippen LogP contribution in [0, 0.1) is 23.7 Å². The average Bonchev–Trinajstić information content (AvgIpc) is 3.53. The number of hydrogen-bond acceptors (Lipinski definition) is 8. The Morgan fingerprint density at radius 3 is 2.53 bits per heavy atom. The van der Waals surface area contributed by atoms with E-state index in [9.17, 15) is 24.9 Å². The Labute approximate surface area is 194 Å². The highest BCUT2D eigenvalue weighted by Gasteiger charge is 2.82. The summed E-state index contributed by atoms with van der Waals surface area (Å²) in [6.45, 7) is 1.51. The van der Waals surface area contributed by atoms with Crippen LogP contribution in [0.25, 0.3) is 0 Å². The molecule has 2 aromatic rings. The van der Waals surface area contributed by atoms with Gasteiger partial charge in [-0.15, -0.1) is 0 Å². The first-order valence-electron chi connectivity index (χ1n) is 10.6. The number of rotatable bonds is 1. The number of aliphatic hydroxyl groups is 2. The number of epoxide rings is 1. The fourth-order valence-corrected chi connectivity index (χ4v) is 5.46. The van der Waals surface area contributed by atoms with Crippen LogP contribution >= 0.6 is 0 Å². The smallest absolute Gasteiger partial charge is 0.198 e. The summed E-state index contributed by atoms with van der Waals surface area (Å²) in [5.74, 6) is 9.71. The number of carbonyl (C=O) groups is 2. The molecule has 5 atom stereocenters. The van der Waals surface area contributed by atoms with Gasteiger partial charge in [-0.1, -0.05) is 23.7 Å². The molecule has 8 nitrogen and oxygen atoms in total. The molecule has 2 aromatic carbocycles. The zero-order valence-electron chi connectivity index (χ0n) is 17.8. The molecular weight excluding hydrogens is 436 g/mol. The predicted octanol–water partition coefficient (Wildman–Crippen LogP) is 0.826. The number of nitrogens with two attached hydrogens (primary N) is 1. The second-order valence-electron chi connectivity index (χ2n) is 8.73. The quantitative estimate of drug-likeness (QED) is 0.157. The fourth-order valence-electron chi connectivity index (χ4n) is 5.46. The molecule has 2 aliphatic carbocycles. The van der Waals surface area contributed by atoms with Gasteiger partial charge in [-0.25, -0.2) is 0 Å². The van der Waals surface area contributed by atoms with Crippen LogP contribution in [0.2, 0.25) is 0 Å². The van der Waals surface area contributed by atoms with Crippen LogP contribution < -0.4 is 11.1 Å². The summed E-state index contributed by atoms with van der Waals surface area (Å²) in [5.41, 5.74) is 3.58. The number of allylic oxidation sites excluding steroid dienone is 2. The minimum Gasteiger partial charge on any atom is -0.507 e. The van der Waals surface area contributed by atoms with Crippen molar-refractivity contribution in [3.05, 3.63) is 64.2 Å². The molecule has 1 saturated heterocycles. The highest BCUT2D eigenvalue weighted by molar-refractivity contribution is 6.31. The van der Waals surface area contributed by atoms with E-state index < -0.39 is 46.8 Å². The van der Waals surface area contributed by atoms with Gasteiger partial charge >= 0.3 is 0 Å². The van der Waals surface area contributed by atoms with Gasteiger partial charge < -0.3 is 31.1 Å². The van der Waals surface area contributed by atoms with E-state index in [0.29, 0.717) is 5.69 Å². The maximum absolute atomic E-state index is 13.6. The molecular formula is C26H18N2O6. The topological polar surface area (TPSA) is 145 Å². The fraction of sp³-hybridized carbons (Fsp3) is 0.231. The van der Waals surface area contributed by atoms with Gasteiger partial charge in [0.25, 0.3) is 0 Å². The van der Waals surface area contributed by atoms with E-state index in [1.807, 2.05) is 0 Å². The number of phenolic OH excluding ortho intramolecular Hbond substituents is 1. The summed E-state index contributed by atoms with van der Waals surface area (Å²) in [7, 11) is 0. The van der Waals surface area contributed by atoms with Gasteiger partial charge in [0.05, 0.1) is 22.9 Å². The number of fused-ring (bicyclic) bond motifs is 4. The molecule has 6 N–H and O–H groups in total. The molecule has 0 spiro atoms. The summed E-state index contributed by atoms with van der Waals surface area (Å²) in [6, 6.07) is 4.82. The van der Waals surface area contributed by atoms with Gasteiger partial charge in [0.2, 0.25) is 0 Å². The lowest BCUT2D eigenvalue weighted by Gasteiger charge is -2.37. The van der Waals surface area contributed by atoms with Crippen molar-refractivity contribution in [2.45, 2.75) is 36.4 Å². The number of nitrogen functional groups attached to an aromatic ring is 1. The molecule has 0 saturated carbocycles. The van der Waals surface area contributed by atoms with Crippen LogP contribution in [-0.4, -0.2) is 50.7 Å². The van der Waals surface area contributed by atoms with E-state index in [-0.39, 0.29) is 33.5 Å². The number of aromatic hydroxyl groups is 1. The molecule has 168 valence electrons. The Balaban J connectivity index is 1.68. The van der Waals surface area contributed by atoms with Gasteiger partial charge in [-0.2, -0.15) is 0 Å². The van der Waals surface area contributed by atoms with Crippen LogP contribution in [-0.2, 0) is 10.3 Å². The summed E-state index contributed by atoms with van der Waals surface area (Å²) >= 11 is 0. The largest absolute Gasteiger partial charge is 0.507 e. The highest BCUT2D eigenvalue weighted by atomic mass is 16.7. The van der Waals surface area contributed by atoms with E-state index in [1.54, 1.807) is 0 Å². The number of ketones is 2. The third-order valence-electron chi connectivity index (χ3n) is 6.98. The second kappa shape index (κ2) is 6.49. The van der Waals surface area contributed by atoms with Gasteiger partial charge in [-0.3, -0.25) is 9.59 Å². The van der Waals surface area contributed by atoms with Crippen molar-refractivity contribution in [1.82, 2.24) is 0 Å². The third-order valence-corrected chi connectivity index (χ3v) is 6.98. The molecule has 0 amide bonds. The van der Waals surface area contributed by atoms with Crippen LogP contribution in [0.4, 0.5) is 11.4 Å². The Bertz CT molecular complexity index is 1500. The highest BCUT2D eigenvalue weighted by Crippen LogP contribution is 2.67. The molecule has 0 unspecified atom stereocenters. The second-order valence-corrected chi connectivity index (χ2v) is 8.73. The predicted molar refractivity (Wildman–Crippen MR) is 121 cm³/mol. The standard InChI is InChI=1S/C26H18N2O6/c1-12(29)25-18-6-4-2-3-5-7-19(31)26(25,34-25)16-11-17(30)20-21(22(16)28-18)23(32)14-9-8-13(27)10-15(14)24(20)33/h2-3,8-12,18-19,28-31H,27H2,1H3/b3-2-/t12-,18+,19-,25+,26+/m1/s1. The van der Waals surface area contributed by atoms with Crippen molar-refractivity contribution in [2.24, 2.45) is 0 Å². The molecule has 1 fully saturated rings. The van der Waals surface area contributed by atoms with Crippen molar-refractivity contribution < 1.29 is 29.6 Å². The van der Waals surface area contributed by atoms with Crippen LogP contribution in [0.3, 0.4) is 0 Å². The van der Waals surface area contributed by atoms with E-state index >= 15 is 0 Å². The number of phenols is 1. The number of aliphatic hydroxyl groups excluding tert-OH is 2. The minimum absolute atomic E-state index is 0.0501. The first kappa shape index (κ1) is 20.5. The Morgan fingerprint density at radius 1 is 1.09 bits per heavy atom. The molecule has 2 aliphatic heterocycles. The number of ether oxygens (including phenoxy) is 1. The first-order chi connectivity index (χ1) is 16.2. The van der Waals surface area contributed by atoms with E-state index in [0.717, 1.165) is 0 Å². The zero-order chi connectivity index (χ0) is 24.0. The number of hydrogen-bond donors (Lipinski definition) is 5. The molecule has 4 aliphatic rings. The number of nitrogens with one attached hydrogen (secondary N) is 1. The van der Waals surface area contributed by atoms with Gasteiger partial charge in [0, 0.05) is 22.4 Å². The Kier molecular flexibility index (Phi) is 3.92. The zero-order valence-corrected chi connectivity index (χ0v) is 17.8. The summed E-state index contributed by atoms with van der Waals surface area (Å²) in [6.07, 6.45) is 0.459. The number of carbonyl (C=O) groups excluding carboxylic acids is 2. The summed E-state index contributed by atoms with van der Waals surface area (Å²) < 4.78 is 6.12. The molecule has 2 bridgehead atoms. The molecule has 8 heteroatoms.